The van der Waals surface area contributed by atoms with Crippen molar-refractivity contribution in [2.24, 2.45) is 0 Å². The highest BCUT2D eigenvalue weighted by Gasteiger charge is 2.27. The Balaban J connectivity index is 1.82. The molecule has 6 heteroatoms. The maximum atomic E-state index is 12.4. The Hall–Kier alpha value is -2.65. The fourth-order valence-corrected chi connectivity index (χ4v) is 4.17. The highest BCUT2D eigenvalue weighted by Crippen LogP contribution is 2.37. The maximum absolute atomic E-state index is 12.4. The summed E-state index contributed by atoms with van der Waals surface area (Å²) in [6, 6.07) is 11.1. The van der Waals surface area contributed by atoms with Crippen LogP contribution in [0, 0.1) is 11.3 Å². The smallest absolute Gasteiger partial charge is 0.256 e. The molecular weight excluding hydrogens is 334 g/mol. The lowest BCUT2D eigenvalue weighted by Gasteiger charge is -2.26. The number of nitrogens with zero attached hydrogens (tertiary/aromatic N) is 2. The standard InChI is InChI=1S/C19H19N3O2S/c1-2-6-17(23)22-10-9-14-15(11-20)19(25-16(14)12-22)21-18(24)13-7-4-3-5-8-13/h3-5,7-8H,2,6,9-10,12H2,1H3,(H,21,24). The van der Waals surface area contributed by atoms with E-state index in [9.17, 15) is 14.9 Å². The number of anilines is 1. The molecule has 2 amide bonds. The minimum Gasteiger partial charge on any atom is -0.337 e. The Morgan fingerprint density at radius 1 is 1.32 bits per heavy atom. The number of carbonyl (C=O) groups is 2. The van der Waals surface area contributed by atoms with Gasteiger partial charge in [0.2, 0.25) is 5.91 Å². The van der Waals surface area contributed by atoms with Crippen LogP contribution < -0.4 is 5.32 Å². The number of hydrogen-bond acceptors (Lipinski definition) is 4. The number of amides is 2. The molecule has 2 heterocycles. The van der Waals surface area contributed by atoms with Gasteiger partial charge in [0.05, 0.1) is 12.1 Å². The molecule has 0 saturated carbocycles. The molecule has 25 heavy (non-hydrogen) atoms. The van der Waals surface area contributed by atoms with E-state index in [1.54, 1.807) is 24.3 Å². The summed E-state index contributed by atoms with van der Waals surface area (Å²) in [5.41, 5.74) is 2.06. The molecule has 3 rings (SSSR count). The van der Waals surface area contributed by atoms with Crippen molar-refractivity contribution in [1.29, 1.82) is 5.26 Å². The average molecular weight is 353 g/mol. The summed E-state index contributed by atoms with van der Waals surface area (Å²) in [4.78, 5) is 27.3. The van der Waals surface area contributed by atoms with E-state index in [0.717, 1.165) is 16.9 Å². The van der Waals surface area contributed by atoms with Crippen molar-refractivity contribution in [3.05, 3.63) is 51.9 Å². The summed E-state index contributed by atoms with van der Waals surface area (Å²) in [6.45, 7) is 3.14. The number of thiophene rings is 1. The minimum atomic E-state index is -0.227. The molecule has 1 aromatic carbocycles. The number of nitrogens with one attached hydrogen (secondary N) is 1. The molecule has 0 radical (unpaired) electrons. The van der Waals surface area contributed by atoms with E-state index in [-0.39, 0.29) is 11.8 Å². The molecule has 0 saturated heterocycles. The average Bonchev–Trinajstić information content (AvgIpc) is 2.98. The number of carbonyl (C=O) groups excluding carboxylic acids is 2. The molecule has 1 aliphatic rings. The van der Waals surface area contributed by atoms with Crippen LogP contribution in [-0.4, -0.2) is 23.3 Å². The van der Waals surface area contributed by atoms with E-state index in [4.69, 9.17) is 0 Å². The fourth-order valence-electron chi connectivity index (χ4n) is 2.96. The zero-order valence-corrected chi connectivity index (χ0v) is 14.9. The van der Waals surface area contributed by atoms with Gasteiger partial charge in [-0.3, -0.25) is 9.59 Å². The third-order valence-electron chi connectivity index (χ3n) is 4.25. The first-order valence-electron chi connectivity index (χ1n) is 8.32. The van der Waals surface area contributed by atoms with Crippen LogP contribution in [0.1, 0.15) is 46.1 Å². The van der Waals surface area contributed by atoms with Crippen molar-refractivity contribution >= 4 is 28.2 Å². The summed E-state index contributed by atoms with van der Waals surface area (Å²) < 4.78 is 0. The van der Waals surface area contributed by atoms with Gasteiger partial charge in [-0.25, -0.2) is 0 Å². The van der Waals surface area contributed by atoms with Gasteiger partial charge in [0.15, 0.2) is 0 Å². The van der Waals surface area contributed by atoms with Crippen LogP contribution in [0.25, 0.3) is 0 Å². The molecule has 0 spiro atoms. The Morgan fingerprint density at radius 3 is 2.76 bits per heavy atom. The van der Waals surface area contributed by atoms with E-state index in [1.807, 2.05) is 17.9 Å². The van der Waals surface area contributed by atoms with Crippen LogP contribution in [0.3, 0.4) is 0 Å². The van der Waals surface area contributed by atoms with Gasteiger partial charge in [0.25, 0.3) is 5.91 Å². The topological polar surface area (TPSA) is 73.2 Å². The van der Waals surface area contributed by atoms with E-state index in [2.05, 4.69) is 11.4 Å². The Bertz CT molecular complexity index is 836. The predicted octanol–water partition coefficient (Wildman–Crippen LogP) is 3.56. The zero-order chi connectivity index (χ0) is 17.8. The SMILES string of the molecule is CCCC(=O)N1CCc2c(sc(NC(=O)c3ccccc3)c2C#N)C1. The summed E-state index contributed by atoms with van der Waals surface area (Å²) in [5.74, 6) is -0.0791. The van der Waals surface area contributed by atoms with Gasteiger partial charge in [-0.1, -0.05) is 25.1 Å². The van der Waals surface area contributed by atoms with Gasteiger partial charge in [-0.05, 0) is 30.5 Å². The highest BCUT2D eigenvalue weighted by atomic mass is 32.1. The Kier molecular flexibility index (Phi) is 5.15. The number of nitriles is 1. The molecule has 0 unspecified atom stereocenters. The van der Waals surface area contributed by atoms with Crippen molar-refractivity contribution in [3.8, 4) is 6.07 Å². The molecule has 1 N–H and O–H groups in total. The Morgan fingerprint density at radius 2 is 2.08 bits per heavy atom. The lowest BCUT2D eigenvalue weighted by molar-refractivity contribution is -0.132. The maximum Gasteiger partial charge on any atom is 0.256 e. The van der Waals surface area contributed by atoms with Gasteiger partial charge in [0, 0.05) is 23.4 Å². The van der Waals surface area contributed by atoms with E-state index < -0.39 is 0 Å². The van der Waals surface area contributed by atoms with Crippen LogP contribution in [0.2, 0.25) is 0 Å². The molecule has 1 aromatic heterocycles. The minimum absolute atomic E-state index is 0.148. The third-order valence-corrected chi connectivity index (χ3v) is 5.38. The molecule has 5 nitrogen and oxygen atoms in total. The number of benzene rings is 1. The quantitative estimate of drug-likeness (QED) is 0.913. The molecule has 0 aliphatic carbocycles. The van der Waals surface area contributed by atoms with E-state index in [1.165, 1.54) is 11.3 Å². The van der Waals surface area contributed by atoms with Gasteiger partial charge in [0.1, 0.15) is 11.1 Å². The molecule has 2 aromatic rings. The number of hydrogen-bond donors (Lipinski definition) is 1. The van der Waals surface area contributed by atoms with E-state index >= 15 is 0 Å². The van der Waals surface area contributed by atoms with Crippen molar-refractivity contribution < 1.29 is 9.59 Å². The predicted molar refractivity (Wildman–Crippen MR) is 97.5 cm³/mol. The lowest BCUT2D eigenvalue weighted by Crippen LogP contribution is -2.35. The molecular formula is C19H19N3O2S. The van der Waals surface area contributed by atoms with Crippen molar-refractivity contribution in [2.75, 3.05) is 11.9 Å². The first-order valence-corrected chi connectivity index (χ1v) is 9.14. The van der Waals surface area contributed by atoms with Gasteiger partial charge >= 0.3 is 0 Å². The molecule has 1 aliphatic heterocycles. The first kappa shape index (κ1) is 17.2. The second kappa shape index (κ2) is 7.49. The second-order valence-electron chi connectivity index (χ2n) is 5.96. The van der Waals surface area contributed by atoms with Crippen LogP contribution in [-0.2, 0) is 17.8 Å². The first-order chi connectivity index (χ1) is 12.1. The summed E-state index contributed by atoms with van der Waals surface area (Å²) in [6.07, 6.45) is 2.03. The normalized spacial score (nSPS) is 13.0. The molecule has 128 valence electrons. The van der Waals surface area contributed by atoms with E-state index in [0.29, 0.717) is 42.1 Å². The molecule has 0 bridgehead atoms. The molecule has 0 atom stereocenters. The zero-order valence-electron chi connectivity index (χ0n) is 14.0. The van der Waals surface area contributed by atoms with Crippen molar-refractivity contribution in [2.45, 2.75) is 32.7 Å². The number of fused-ring (bicyclic) bond motifs is 1. The summed E-state index contributed by atoms with van der Waals surface area (Å²) >= 11 is 1.40. The van der Waals surface area contributed by atoms with Crippen LogP contribution in [0.15, 0.2) is 30.3 Å². The lowest BCUT2D eigenvalue weighted by atomic mass is 10.0. The second-order valence-corrected chi connectivity index (χ2v) is 7.06. The van der Waals surface area contributed by atoms with Crippen molar-refractivity contribution in [1.82, 2.24) is 4.90 Å². The largest absolute Gasteiger partial charge is 0.337 e. The summed E-state index contributed by atoms with van der Waals surface area (Å²) in [7, 11) is 0. The van der Waals surface area contributed by atoms with Gasteiger partial charge in [-0.2, -0.15) is 5.26 Å². The third kappa shape index (κ3) is 3.57. The molecule has 0 fully saturated rings. The van der Waals surface area contributed by atoms with Crippen LogP contribution in [0.4, 0.5) is 5.00 Å². The van der Waals surface area contributed by atoms with Gasteiger partial charge in [-0.15, -0.1) is 11.3 Å². The van der Waals surface area contributed by atoms with Gasteiger partial charge < -0.3 is 10.2 Å². The number of rotatable bonds is 4. The monoisotopic (exact) mass is 353 g/mol. The fraction of sp³-hybridized carbons (Fsp3) is 0.316. The van der Waals surface area contributed by atoms with Crippen LogP contribution >= 0.6 is 11.3 Å². The highest BCUT2D eigenvalue weighted by molar-refractivity contribution is 7.16. The van der Waals surface area contributed by atoms with Crippen LogP contribution in [0.5, 0.6) is 0 Å². The summed E-state index contributed by atoms with van der Waals surface area (Å²) in [5, 5.41) is 13.0. The van der Waals surface area contributed by atoms with Crippen molar-refractivity contribution in [3.63, 3.8) is 0 Å². The Labute approximate surface area is 150 Å².